The van der Waals surface area contributed by atoms with Gasteiger partial charge < -0.3 is 9.64 Å². The number of methoxy groups -OCH3 is 1. The molecule has 0 aliphatic carbocycles. The molecule has 0 radical (unpaired) electrons. The van der Waals surface area contributed by atoms with E-state index in [1.165, 1.54) is 12.7 Å². The van der Waals surface area contributed by atoms with Gasteiger partial charge >= 0.3 is 5.97 Å². The second kappa shape index (κ2) is 6.53. The number of esters is 1. The molecule has 0 amide bonds. The lowest BCUT2D eigenvalue weighted by Crippen LogP contribution is -2.30. The molecular weight excluding hydrogens is 270 g/mol. The molecular formula is C12H16BrNO2. The third kappa shape index (κ3) is 3.52. The van der Waals surface area contributed by atoms with Crippen molar-refractivity contribution in [2.45, 2.75) is 12.3 Å². The Morgan fingerprint density at radius 1 is 1.50 bits per heavy atom. The number of likely N-dealkylation sites (N-methyl/N-ethyl adjacent to an activating group) is 1. The monoisotopic (exact) mass is 285 g/mol. The van der Waals surface area contributed by atoms with E-state index < -0.39 is 0 Å². The van der Waals surface area contributed by atoms with Gasteiger partial charge in [-0.05, 0) is 24.6 Å². The van der Waals surface area contributed by atoms with Gasteiger partial charge in [-0.25, -0.2) is 0 Å². The van der Waals surface area contributed by atoms with Crippen LogP contribution < -0.4 is 4.90 Å². The molecule has 0 bridgehead atoms. The maximum Gasteiger partial charge on any atom is 0.325 e. The molecule has 0 spiro atoms. The molecule has 0 fully saturated rings. The second-order valence-corrected chi connectivity index (χ2v) is 3.95. The zero-order valence-electron chi connectivity index (χ0n) is 9.57. The Morgan fingerprint density at radius 2 is 2.25 bits per heavy atom. The minimum Gasteiger partial charge on any atom is -0.468 e. The van der Waals surface area contributed by atoms with Crippen molar-refractivity contribution in [3.63, 3.8) is 0 Å². The summed E-state index contributed by atoms with van der Waals surface area (Å²) in [7, 11) is 1.41. The zero-order chi connectivity index (χ0) is 12.0. The summed E-state index contributed by atoms with van der Waals surface area (Å²) in [5.41, 5.74) is 2.24. The van der Waals surface area contributed by atoms with E-state index >= 15 is 0 Å². The van der Waals surface area contributed by atoms with E-state index in [1.807, 2.05) is 30.0 Å². The summed E-state index contributed by atoms with van der Waals surface area (Å²) < 4.78 is 4.67. The van der Waals surface area contributed by atoms with Crippen LogP contribution in [-0.2, 0) is 14.9 Å². The number of carbonyl (C=O) groups is 1. The Hall–Kier alpha value is -1.03. The van der Waals surface area contributed by atoms with Crippen LogP contribution in [0.25, 0.3) is 0 Å². The van der Waals surface area contributed by atoms with Crippen molar-refractivity contribution in [3.05, 3.63) is 29.8 Å². The summed E-state index contributed by atoms with van der Waals surface area (Å²) in [6.45, 7) is 3.09. The first-order valence-electron chi connectivity index (χ1n) is 5.18. The predicted molar refractivity (Wildman–Crippen MR) is 69.0 cm³/mol. The smallest absolute Gasteiger partial charge is 0.325 e. The van der Waals surface area contributed by atoms with Crippen molar-refractivity contribution < 1.29 is 9.53 Å². The number of hydrogen-bond donors (Lipinski definition) is 0. The van der Waals surface area contributed by atoms with Crippen molar-refractivity contribution in [2.24, 2.45) is 0 Å². The van der Waals surface area contributed by atoms with E-state index in [4.69, 9.17) is 0 Å². The fourth-order valence-corrected chi connectivity index (χ4v) is 1.79. The number of anilines is 1. The van der Waals surface area contributed by atoms with Gasteiger partial charge in [0.25, 0.3) is 0 Å². The Kier molecular flexibility index (Phi) is 5.32. The Morgan fingerprint density at radius 3 is 2.81 bits per heavy atom. The van der Waals surface area contributed by atoms with E-state index in [2.05, 4.69) is 26.7 Å². The molecule has 1 rings (SSSR count). The van der Waals surface area contributed by atoms with Crippen LogP contribution in [0, 0.1) is 0 Å². The molecule has 0 saturated heterocycles. The fourth-order valence-electron chi connectivity index (χ4n) is 1.44. The van der Waals surface area contributed by atoms with Crippen LogP contribution in [0.3, 0.4) is 0 Å². The van der Waals surface area contributed by atoms with Gasteiger partial charge in [-0.3, -0.25) is 4.79 Å². The third-order valence-corrected chi connectivity index (χ3v) is 3.01. The van der Waals surface area contributed by atoms with E-state index in [0.717, 1.165) is 17.6 Å². The molecule has 0 atom stereocenters. The second-order valence-electron chi connectivity index (χ2n) is 3.39. The van der Waals surface area contributed by atoms with Gasteiger partial charge in [-0.1, -0.05) is 28.1 Å². The van der Waals surface area contributed by atoms with Gasteiger partial charge in [-0.2, -0.15) is 0 Å². The highest BCUT2D eigenvalue weighted by atomic mass is 79.9. The van der Waals surface area contributed by atoms with Crippen LogP contribution >= 0.6 is 15.9 Å². The quantitative estimate of drug-likeness (QED) is 0.615. The first-order valence-corrected chi connectivity index (χ1v) is 6.30. The van der Waals surface area contributed by atoms with Gasteiger partial charge in [0.15, 0.2) is 0 Å². The Labute approximate surface area is 105 Å². The average molecular weight is 286 g/mol. The molecule has 4 heteroatoms. The van der Waals surface area contributed by atoms with Crippen LogP contribution in [0.15, 0.2) is 24.3 Å². The van der Waals surface area contributed by atoms with Gasteiger partial charge in [0, 0.05) is 17.6 Å². The summed E-state index contributed by atoms with van der Waals surface area (Å²) in [4.78, 5) is 13.2. The lowest BCUT2D eigenvalue weighted by atomic mass is 10.2. The predicted octanol–water partition coefficient (Wildman–Crippen LogP) is 2.58. The highest BCUT2D eigenvalue weighted by molar-refractivity contribution is 9.08. The number of hydrogen-bond acceptors (Lipinski definition) is 3. The van der Waals surface area contributed by atoms with Crippen LogP contribution in [0.1, 0.15) is 12.5 Å². The van der Waals surface area contributed by atoms with Crippen LogP contribution in [0.4, 0.5) is 5.69 Å². The van der Waals surface area contributed by atoms with Crippen LogP contribution in [0.5, 0.6) is 0 Å². The summed E-state index contributed by atoms with van der Waals surface area (Å²) >= 11 is 3.42. The van der Waals surface area contributed by atoms with E-state index in [-0.39, 0.29) is 5.97 Å². The normalized spacial score (nSPS) is 9.94. The highest BCUT2D eigenvalue weighted by Gasteiger charge is 2.09. The van der Waals surface area contributed by atoms with Crippen molar-refractivity contribution in [2.75, 3.05) is 25.1 Å². The summed E-state index contributed by atoms with van der Waals surface area (Å²) in [5.74, 6) is -0.217. The van der Waals surface area contributed by atoms with Crippen molar-refractivity contribution in [1.82, 2.24) is 0 Å². The number of ether oxygens (including phenoxy) is 1. The molecule has 0 heterocycles. The van der Waals surface area contributed by atoms with Gasteiger partial charge in [0.2, 0.25) is 0 Å². The van der Waals surface area contributed by atoms with Crippen molar-refractivity contribution in [1.29, 1.82) is 0 Å². The summed E-state index contributed by atoms with van der Waals surface area (Å²) in [5, 5.41) is 0.816. The first kappa shape index (κ1) is 13.0. The van der Waals surface area contributed by atoms with Crippen molar-refractivity contribution in [3.8, 4) is 0 Å². The van der Waals surface area contributed by atoms with E-state index in [0.29, 0.717) is 6.54 Å². The molecule has 0 N–H and O–H groups in total. The Bertz CT molecular complexity index is 355. The topological polar surface area (TPSA) is 29.5 Å². The molecule has 1 aromatic rings. The molecule has 0 saturated carbocycles. The third-order valence-electron chi connectivity index (χ3n) is 2.36. The fraction of sp³-hybridized carbons (Fsp3) is 0.417. The Balaban J connectivity index is 2.81. The molecule has 0 aliphatic heterocycles. The largest absolute Gasteiger partial charge is 0.468 e. The maximum absolute atomic E-state index is 11.2. The number of halogens is 1. The molecule has 0 aliphatic rings. The van der Waals surface area contributed by atoms with Crippen LogP contribution in [0.2, 0.25) is 0 Å². The standard InChI is InChI=1S/C12H16BrNO2/c1-3-14(9-12(15)16-2)11-6-4-5-10(7-11)8-13/h4-7H,3,8-9H2,1-2H3. The van der Waals surface area contributed by atoms with E-state index in [9.17, 15) is 4.79 Å². The zero-order valence-corrected chi connectivity index (χ0v) is 11.2. The first-order chi connectivity index (χ1) is 7.71. The van der Waals surface area contributed by atoms with Gasteiger partial charge in [0.05, 0.1) is 7.11 Å². The van der Waals surface area contributed by atoms with Gasteiger partial charge in [0.1, 0.15) is 6.54 Å². The molecule has 1 aromatic carbocycles. The minimum atomic E-state index is -0.217. The number of nitrogens with zero attached hydrogens (tertiary/aromatic N) is 1. The summed E-state index contributed by atoms with van der Waals surface area (Å²) in [6.07, 6.45) is 0. The number of benzene rings is 1. The number of alkyl halides is 1. The molecule has 3 nitrogen and oxygen atoms in total. The van der Waals surface area contributed by atoms with Crippen molar-refractivity contribution >= 4 is 27.6 Å². The van der Waals surface area contributed by atoms with E-state index in [1.54, 1.807) is 0 Å². The maximum atomic E-state index is 11.2. The molecule has 16 heavy (non-hydrogen) atoms. The van der Waals surface area contributed by atoms with Gasteiger partial charge in [-0.15, -0.1) is 0 Å². The lowest BCUT2D eigenvalue weighted by molar-refractivity contribution is -0.138. The van der Waals surface area contributed by atoms with Crippen LogP contribution in [-0.4, -0.2) is 26.2 Å². The minimum absolute atomic E-state index is 0.217. The number of rotatable bonds is 5. The highest BCUT2D eigenvalue weighted by Crippen LogP contribution is 2.17. The molecule has 88 valence electrons. The summed E-state index contributed by atoms with van der Waals surface area (Å²) in [6, 6.07) is 8.11. The SMILES string of the molecule is CCN(CC(=O)OC)c1cccc(CBr)c1. The average Bonchev–Trinajstić information content (AvgIpc) is 2.35. The molecule has 0 aromatic heterocycles. The molecule has 0 unspecified atom stereocenters. The lowest BCUT2D eigenvalue weighted by Gasteiger charge is -2.22. The number of carbonyl (C=O) groups excluding carboxylic acids is 1.